The number of unbranched alkanes of at least 4 members (excludes halogenated alkanes) is 1. The Morgan fingerprint density at radius 1 is 1.00 bits per heavy atom. The first-order valence-corrected chi connectivity index (χ1v) is 12.0. The summed E-state index contributed by atoms with van der Waals surface area (Å²) in [6.07, 6.45) is -5.78. The number of pyridine rings is 1. The molecule has 1 aromatic heterocycles. The zero-order valence-electron chi connectivity index (χ0n) is 20.1. The Bertz CT molecular complexity index is 1160. The van der Waals surface area contributed by atoms with E-state index in [0.717, 1.165) is 24.6 Å². The quantitative estimate of drug-likeness (QED) is 0.327. The molecule has 2 aromatic rings. The lowest BCUT2D eigenvalue weighted by atomic mass is 9.86. The Kier molecular flexibility index (Phi) is 7.67. The third kappa shape index (κ3) is 5.84. The van der Waals surface area contributed by atoms with Crippen LogP contribution in [0.3, 0.4) is 0 Å². The predicted molar refractivity (Wildman–Crippen MR) is 127 cm³/mol. The molecule has 0 spiro atoms. The zero-order chi connectivity index (χ0) is 26.7. The van der Waals surface area contributed by atoms with Gasteiger partial charge in [0.1, 0.15) is 5.69 Å². The second kappa shape index (κ2) is 10.6. The van der Waals surface area contributed by atoms with E-state index in [4.69, 9.17) is 4.74 Å². The second-order valence-corrected chi connectivity index (χ2v) is 8.76. The molecule has 2 aliphatic rings. The van der Waals surface area contributed by atoms with Gasteiger partial charge in [0, 0.05) is 36.1 Å². The fraction of sp³-hybridized carbons (Fsp3) is 0.440. The normalized spacial score (nSPS) is 20.5. The molecular weight excluding hydrogens is 500 g/mol. The lowest BCUT2D eigenvalue weighted by molar-refractivity contribution is -0.139. The molecule has 200 valence electrons. The summed E-state index contributed by atoms with van der Waals surface area (Å²) in [5.41, 5.74) is -2.88. The molecule has 2 aliphatic heterocycles. The van der Waals surface area contributed by atoms with Gasteiger partial charge < -0.3 is 20.7 Å². The molecular formula is C25H27F6N5O. The number of aromatic nitrogens is 1. The van der Waals surface area contributed by atoms with E-state index in [0.29, 0.717) is 43.6 Å². The van der Waals surface area contributed by atoms with Crippen LogP contribution in [0.1, 0.15) is 49.4 Å². The number of benzene rings is 1. The van der Waals surface area contributed by atoms with Gasteiger partial charge in [0.05, 0.1) is 17.7 Å². The summed E-state index contributed by atoms with van der Waals surface area (Å²) in [5.74, 6) is 0. The van der Waals surface area contributed by atoms with Gasteiger partial charge in [-0.15, -0.1) is 0 Å². The SMILES string of the molecule is CCCCOC1=NC(Nc2ccc(C(F)(F)F)cc2)(c2ncccc2C(F)(F)F)C2=C(CCNCC2)N1. The maximum atomic E-state index is 14.2. The van der Waals surface area contributed by atoms with Gasteiger partial charge >= 0.3 is 12.4 Å². The van der Waals surface area contributed by atoms with Crippen molar-refractivity contribution < 1.29 is 31.1 Å². The third-order valence-corrected chi connectivity index (χ3v) is 6.16. The molecule has 1 unspecified atom stereocenters. The lowest BCUT2D eigenvalue weighted by Crippen LogP contribution is -2.47. The summed E-state index contributed by atoms with van der Waals surface area (Å²) in [6.45, 7) is 3.29. The number of hydrogen-bond donors (Lipinski definition) is 3. The Labute approximate surface area is 210 Å². The number of alkyl halides is 6. The number of hydrogen-bond acceptors (Lipinski definition) is 6. The third-order valence-electron chi connectivity index (χ3n) is 6.16. The minimum Gasteiger partial charge on any atom is -0.465 e. The molecule has 0 saturated heterocycles. The van der Waals surface area contributed by atoms with E-state index in [1.807, 2.05) is 6.92 Å². The Balaban J connectivity index is 1.92. The fourth-order valence-electron chi connectivity index (χ4n) is 4.38. The molecule has 0 bridgehead atoms. The summed E-state index contributed by atoms with van der Waals surface area (Å²) >= 11 is 0. The highest BCUT2D eigenvalue weighted by molar-refractivity contribution is 5.80. The number of ether oxygens (including phenoxy) is 1. The molecule has 0 amide bonds. The number of aliphatic imine (C=N–C) groups is 1. The number of amidine groups is 1. The van der Waals surface area contributed by atoms with Crippen molar-refractivity contribution in [3.63, 3.8) is 0 Å². The van der Waals surface area contributed by atoms with Crippen LogP contribution in [0.2, 0.25) is 0 Å². The highest BCUT2D eigenvalue weighted by atomic mass is 19.4. The monoisotopic (exact) mass is 527 g/mol. The molecule has 1 aromatic carbocycles. The first kappa shape index (κ1) is 26.8. The van der Waals surface area contributed by atoms with E-state index in [2.05, 4.69) is 25.9 Å². The maximum Gasteiger partial charge on any atom is 0.418 e. The summed E-state index contributed by atoms with van der Waals surface area (Å²) in [7, 11) is 0. The number of rotatable bonds is 6. The van der Waals surface area contributed by atoms with Crippen molar-refractivity contribution in [2.45, 2.75) is 50.6 Å². The topological polar surface area (TPSA) is 70.6 Å². The molecule has 3 N–H and O–H groups in total. The van der Waals surface area contributed by atoms with Gasteiger partial charge in [-0.1, -0.05) is 13.3 Å². The van der Waals surface area contributed by atoms with Crippen molar-refractivity contribution in [2.75, 3.05) is 25.0 Å². The van der Waals surface area contributed by atoms with E-state index < -0.39 is 34.8 Å². The smallest absolute Gasteiger partial charge is 0.418 e. The molecule has 3 heterocycles. The maximum absolute atomic E-state index is 14.2. The fourth-order valence-corrected chi connectivity index (χ4v) is 4.38. The van der Waals surface area contributed by atoms with E-state index in [1.165, 1.54) is 24.4 Å². The Morgan fingerprint density at radius 2 is 1.73 bits per heavy atom. The Hall–Kier alpha value is -3.28. The van der Waals surface area contributed by atoms with Crippen molar-refractivity contribution in [3.05, 3.63) is 70.7 Å². The zero-order valence-corrected chi connectivity index (χ0v) is 20.1. The predicted octanol–water partition coefficient (Wildman–Crippen LogP) is 5.80. The standard InChI is InChI=1S/C25H27F6N5O/c1-2-3-15-37-22-34-20-11-14-32-13-10-18(20)23(36-22,21-19(25(29,30)31)5-4-12-33-21)35-17-8-6-16(7-9-17)24(26,27)28/h4-9,12,32,35H,2-3,10-11,13-15H2,1H3,(H,34,36). The number of nitrogens with zero attached hydrogens (tertiary/aromatic N) is 2. The van der Waals surface area contributed by atoms with Crippen molar-refractivity contribution in [1.82, 2.24) is 15.6 Å². The minimum absolute atomic E-state index is 0.0206. The van der Waals surface area contributed by atoms with E-state index in [1.54, 1.807) is 0 Å². The van der Waals surface area contributed by atoms with Gasteiger partial charge in [0.15, 0.2) is 0 Å². The minimum atomic E-state index is -4.76. The molecule has 12 heteroatoms. The van der Waals surface area contributed by atoms with Crippen LogP contribution in [0, 0.1) is 0 Å². The van der Waals surface area contributed by atoms with Gasteiger partial charge in [-0.25, -0.2) is 0 Å². The van der Waals surface area contributed by atoms with Crippen molar-refractivity contribution in [3.8, 4) is 0 Å². The molecule has 0 saturated carbocycles. The van der Waals surface area contributed by atoms with Gasteiger partial charge in [-0.05, 0) is 55.8 Å². The summed E-state index contributed by atoms with van der Waals surface area (Å²) in [5, 5.41) is 9.37. The van der Waals surface area contributed by atoms with Crippen molar-refractivity contribution >= 4 is 11.7 Å². The van der Waals surface area contributed by atoms with Crippen LogP contribution in [0.5, 0.6) is 0 Å². The van der Waals surface area contributed by atoms with Gasteiger partial charge in [-0.3, -0.25) is 4.98 Å². The van der Waals surface area contributed by atoms with Crippen molar-refractivity contribution in [2.24, 2.45) is 4.99 Å². The molecule has 0 aliphatic carbocycles. The number of halogens is 6. The van der Waals surface area contributed by atoms with Crippen LogP contribution < -0.4 is 16.0 Å². The van der Waals surface area contributed by atoms with Crippen LogP contribution in [0.15, 0.2) is 58.9 Å². The van der Waals surface area contributed by atoms with Crippen molar-refractivity contribution in [1.29, 1.82) is 0 Å². The van der Waals surface area contributed by atoms with Crippen LogP contribution in [-0.2, 0) is 22.8 Å². The van der Waals surface area contributed by atoms with Crippen LogP contribution in [-0.4, -0.2) is 30.7 Å². The lowest BCUT2D eigenvalue weighted by Gasteiger charge is -2.39. The average molecular weight is 528 g/mol. The molecule has 4 rings (SSSR count). The van der Waals surface area contributed by atoms with Gasteiger partial charge in [0.2, 0.25) is 5.66 Å². The highest BCUT2D eigenvalue weighted by Gasteiger charge is 2.49. The van der Waals surface area contributed by atoms with E-state index in [-0.39, 0.29) is 18.3 Å². The molecule has 6 nitrogen and oxygen atoms in total. The summed E-state index contributed by atoms with van der Waals surface area (Å²) in [6, 6.07) is 6.20. The molecule has 0 radical (unpaired) electrons. The Morgan fingerprint density at radius 3 is 2.41 bits per heavy atom. The second-order valence-electron chi connectivity index (χ2n) is 8.76. The number of nitrogens with one attached hydrogen (secondary N) is 3. The van der Waals surface area contributed by atoms with Crippen LogP contribution in [0.4, 0.5) is 32.0 Å². The first-order valence-electron chi connectivity index (χ1n) is 12.0. The molecule has 1 atom stereocenters. The van der Waals surface area contributed by atoms with Crippen LogP contribution in [0.25, 0.3) is 0 Å². The van der Waals surface area contributed by atoms with Gasteiger partial charge in [0.25, 0.3) is 6.02 Å². The first-order chi connectivity index (χ1) is 17.5. The highest BCUT2D eigenvalue weighted by Crippen LogP contribution is 2.45. The average Bonchev–Trinajstić information content (AvgIpc) is 3.09. The largest absolute Gasteiger partial charge is 0.465 e. The molecule has 37 heavy (non-hydrogen) atoms. The van der Waals surface area contributed by atoms with E-state index >= 15 is 0 Å². The van der Waals surface area contributed by atoms with Gasteiger partial charge in [-0.2, -0.15) is 31.3 Å². The van der Waals surface area contributed by atoms with E-state index in [9.17, 15) is 26.3 Å². The van der Waals surface area contributed by atoms with Crippen LogP contribution >= 0.6 is 0 Å². The summed E-state index contributed by atoms with van der Waals surface area (Å²) < 4.78 is 87.9. The number of anilines is 1. The summed E-state index contributed by atoms with van der Waals surface area (Å²) in [4.78, 5) is 8.76. The molecule has 0 fully saturated rings.